The number of nitrogens with zero attached hydrogens (tertiary/aromatic N) is 2. The Morgan fingerprint density at radius 3 is 2.56 bits per heavy atom. The quantitative estimate of drug-likeness (QED) is 0.136. The van der Waals surface area contributed by atoms with Crippen molar-refractivity contribution in [1.29, 1.82) is 0 Å². The Labute approximate surface area is 216 Å². The number of rotatable bonds is 10. The predicted molar refractivity (Wildman–Crippen MR) is 140 cm³/mol. The van der Waals surface area contributed by atoms with Gasteiger partial charge in [0.25, 0.3) is 5.91 Å². The van der Waals surface area contributed by atoms with E-state index in [9.17, 15) is 13.2 Å². The number of benzene rings is 3. The minimum Gasteiger partial charge on any atom is -0.497 e. The van der Waals surface area contributed by atoms with Crippen molar-refractivity contribution in [2.75, 3.05) is 20.0 Å². The normalized spacial score (nSPS) is 11.5. The summed E-state index contributed by atoms with van der Waals surface area (Å²) in [5.41, 5.74) is 3.94. The van der Waals surface area contributed by atoms with E-state index < -0.39 is 10.1 Å². The number of hydrogen-bond donors (Lipinski definition) is 1. The molecule has 0 radical (unpaired) electrons. The number of thioether (sulfide) groups is 1. The second-order valence-corrected chi connectivity index (χ2v) is 11.0. The lowest BCUT2D eigenvalue weighted by Gasteiger charge is -2.11. The van der Waals surface area contributed by atoms with Crippen molar-refractivity contribution < 1.29 is 26.9 Å². The van der Waals surface area contributed by atoms with Crippen molar-refractivity contribution in [1.82, 2.24) is 10.4 Å². The minimum absolute atomic E-state index is 0.0155. The zero-order valence-electron chi connectivity index (χ0n) is 19.2. The zero-order valence-corrected chi connectivity index (χ0v) is 21.7. The van der Waals surface area contributed by atoms with Gasteiger partial charge in [-0.25, -0.2) is 10.4 Å². The van der Waals surface area contributed by atoms with E-state index in [1.807, 2.05) is 24.3 Å². The molecule has 4 aromatic rings. The summed E-state index contributed by atoms with van der Waals surface area (Å²) in [5.74, 6) is 0.609. The lowest BCUT2D eigenvalue weighted by atomic mass is 10.2. The summed E-state index contributed by atoms with van der Waals surface area (Å²) < 4.78 is 42.7. The third-order valence-corrected chi connectivity index (χ3v) is 8.17. The standard InChI is InChI=1S/C24H21N3O6S3/c1-31-17-8-10-18(11-9-17)36(29,30)33-20-12-7-16(13-21(20)32-2)14-25-27-23(28)15-34-24-26-19-5-3-4-6-22(19)35-24/h3-14H,15H2,1-2H3,(H,27,28)/b25-14-. The molecule has 1 heterocycles. The first-order valence-electron chi connectivity index (χ1n) is 10.4. The van der Waals surface area contributed by atoms with Gasteiger partial charge in [0.2, 0.25) is 0 Å². The Morgan fingerprint density at radius 2 is 1.83 bits per heavy atom. The van der Waals surface area contributed by atoms with E-state index in [1.165, 1.54) is 73.9 Å². The van der Waals surface area contributed by atoms with Crippen LogP contribution in [0.1, 0.15) is 5.56 Å². The molecule has 0 saturated carbocycles. The number of carbonyl (C=O) groups is 1. The van der Waals surface area contributed by atoms with E-state index >= 15 is 0 Å². The van der Waals surface area contributed by atoms with Gasteiger partial charge in [-0.2, -0.15) is 13.5 Å². The van der Waals surface area contributed by atoms with Crippen LogP contribution < -0.4 is 19.1 Å². The Morgan fingerprint density at radius 1 is 1.06 bits per heavy atom. The smallest absolute Gasteiger partial charge is 0.339 e. The van der Waals surface area contributed by atoms with Crippen LogP contribution in [0.3, 0.4) is 0 Å². The summed E-state index contributed by atoms with van der Waals surface area (Å²) in [5, 5.41) is 3.96. The molecule has 0 aliphatic carbocycles. The molecule has 1 amide bonds. The Bertz CT molecular complexity index is 1470. The van der Waals surface area contributed by atoms with E-state index in [0.29, 0.717) is 11.3 Å². The van der Waals surface area contributed by atoms with Crippen LogP contribution in [-0.4, -0.2) is 45.5 Å². The van der Waals surface area contributed by atoms with Crippen LogP contribution in [0.5, 0.6) is 17.2 Å². The van der Waals surface area contributed by atoms with Gasteiger partial charge in [0.05, 0.1) is 36.4 Å². The number of thiazole rings is 1. The molecule has 0 saturated heterocycles. The molecule has 186 valence electrons. The van der Waals surface area contributed by atoms with E-state index in [4.69, 9.17) is 13.7 Å². The first kappa shape index (κ1) is 25.5. The molecule has 0 atom stereocenters. The van der Waals surface area contributed by atoms with Gasteiger partial charge in [-0.1, -0.05) is 23.9 Å². The van der Waals surface area contributed by atoms with Crippen molar-refractivity contribution in [2.45, 2.75) is 9.24 Å². The van der Waals surface area contributed by atoms with Crippen LogP contribution in [0.25, 0.3) is 10.2 Å². The van der Waals surface area contributed by atoms with Crippen LogP contribution >= 0.6 is 23.1 Å². The Kier molecular flexibility index (Phi) is 8.08. The fourth-order valence-electron chi connectivity index (χ4n) is 2.99. The maximum atomic E-state index is 12.6. The number of methoxy groups -OCH3 is 2. The second-order valence-electron chi connectivity index (χ2n) is 7.15. The number of para-hydroxylation sites is 1. The molecule has 12 heteroatoms. The van der Waals surface area contributed by atoms with Gasteiger partial charge < -0.3 is 13.7 Å². The highest BCUT2D eigenvalue weighted by Crippen LogP contribution is 2.31. The molecule has 0 unspecified atom stereocenters. The van der Waals surface area contributed by atoms with Crippen LogP contribution in [0.4, 0.5) is 0 Å². The van der Waals surface area contributed by atoms with Crippen molar-refractivity contribution in [2.24, 2.45) is 5.10 Å². The fourth-order valence-corrected chi connectivity index (χ4v) is 5.79. The van der Waals surface area contributed by atoms with Gasteiger partial charge in [0.1, 0.15) is 10.6 Å². The number of carbonyl (C=O) groups excluding carboxylic acids is 1. The van der Waals surface area contributed by atoms with Crippen molar-refractivity contribution in [3.63, 3.8) is 0 Å². The number of nitrogens with one attached hydrogen (secondary N) is 1. The molecule has 3 aromatic carbocycles. The molecule has 1 aromatic heterocycles. The molecule has 0 aliphatic heterocycles. The number of aromatic nitrogens is 1. The van der Waals surface area contributed by atoms with Crippen molar-refractivity contribution >= 4 is 55.6 Å². The van der Waals surface area contributed by atoms with Crippen LogP contribution in [0.15, 0.2) is 81.1 Å². The molecule has 1 N–H and O–H groups in total. The maximum absolute atomic E-state index is 12.6. The fraction of sp³-hybridized carbons (Fsp3) is 0.125. The summed E-state index contributed by atoms with van der Waals surface area (Å²) in [7, 11) is -1.20. The molecule has 4 rings (SSSR count). The lowest BCUT2D eigenvalue weighted by Crippen LogP contribution is -2.19. The van der Waals surface area contributed by atoms with Crippen molar-refractivity contribution in [3.8, 4) is 17.2 Å². The molecular weight excluding hydrogens is 522 g/mol. The number of hydrogen-bond acceptors (Lipinski definition) is 10. The molecule has 0 spiro atoms. The van der Waals surface area contributed by atoms with Gasteiger partial charge in [0.15, 0.2) is 15.8 Å². The van der Waals surface area contributed by atoms with E-state index in [1.54, 1.807) is 12.1 Å². The summed E-state index contributed by atoms with van der Waals surface area (Å²) in [4.78, 5) is 16.6. The third-order valence-electron chi connectivity index (χ3n) is 4.74. The molecule has 0 aliphatic rings. The minimum atomic E-state index is -4.08. The van der Waals surface area contributed by atoms with Gasteiger partial charge in [-0.05, 0) is 60.2 Å². The monoisotopic (exact) mass is 543 g/mol. The molecule has 0 bridgehead atoms. The lowest BCUT2D eigenvalue weighted by molar-refractivity contribution is -0.118. The first-order valence-corrected chi connectivity index (χ1v) is 13.7. The van der Waals surface area contributed by atoms with Crippen molar-refractivity contribution in [3.05, 3.63) is 72.3 Å². The van der Waals surface area contributed by atoms with Gasteiger partial charge in [-0.15, -0.1) is 11.3 Å². The molecule has 36 heavy (non-hydrogen) atoms. The average Bonchev–Trinajstić information content (AvgIpc) is 3.31. The van der Waals surface area contributed by atoms with E-state index in [-0.39, 0.29) is 28.1 Å². The summed E-state index contributed by atoms with van der Waals surface area (Å²) in [6.45, 7) is 0. The van der Waals surface area contributed by atoms with Gasteiger partial charge in [-0.3, -0.25) is 4.79 Å². The average molecular weight is 544 g/mol. The molecular formula is C24H21N3O6S3. The summed E-state index contributed by atoms with van der Waals surface area (Å²) in [6, 6.07) is 18.2. The largest absolute Gasteiger partial charge is 0.497 e. The van der Waals surface area contributed by atoms with E-state index in [0.717, 1.165) is 14.6 Å². The molecule has 9 nitrogen and oxygen atoms in total. The van der Waals surface area contributed by atoms with Gasteiger partial charge >= 0.3 is 10.1 Å². The summed E-state index contributed by atoms with van der Waals surface area (Å²) in [6.07, 6.45) is 1.42. The highest BCUT2D eigenvalue weighted by Gasteiger charge is 2.19. The van der Waals surface area contributed by atoms with Gasteiger partial charge in [0, 0.05) is 0 Å². The van der Waals surface area contributed by atoms with Crippen LogP contribution in [0, 0.1) is 0 Å². The highest BCUT2D eigenvalue weighted by atomic mass is 32.2. The predicted octanol–water partition coefficient (Wildman–Crippen LogP) is 4.32. The topological polar surface area (TPSA) is 116 Å². The van der Waals surface area contributed by atoms with Crippen LogP contribution in [-0.2, 0) is 14.9 Å². The highest BCUT2D eigenvalue weighted by molar-refractivity contribution is 8.01. The Balaban J connectivity index is 1.35. The molecule has 0 fully saturated rings. The SMILES string of the molecule is COc1ccc(S(=O)(=O)Oc2ccc(/C=N\NC(=O)CSc3nc4ccccc4s3)cc2OC)cc1. The second kappa shape index (κ2) is 11.4. The number of ether oxygens (including phenoxy) is 2. The van der Waals surface area contributed by atoms with Crippen LogP contribution in [0.2, 0.25) is 0 Å². The number of hydrazone groups is 1. The van der Waals surface area contributed by atoms with E-state index in [2.05, 4.69) is 15.5 Å². The third kappa shape index (κ3) is 6.33. The number of amides is 1. The first-order chi connectivity index (χ1) is 17.4. The Hall–Kier alpha value is -3.61. The summed E-state index contributed by atoms with van der Waals surface area (Å²) >= 11 is 2.86. The zero-order chi connectivity index (χ0) is 25.5. The maximum Gasteiger partial charge on any atom is 0.339 e. The number of fused-ring (bicyclic) bond motifs is 1.